The molecule has 5 nitrogen and oxygen atoms in total. The standard InChI is InChI=1S/C16H17N3O2/c1-21-14-6-4-12(5-7-14)11-19-15(20)10-17-9-13-3-2-8-18-16(13)19/h2-8,17H,9-11H2,1H3. The van der Waals surface area contributed by atoms with Crippen LogP contribution in [0.25, 0.3) is 0 Å². The summed E-state index contributed by atoms with van der Waals surface area (Å²) >= 11 is 0. The van der Waals surface area contributed by atoms with Crippen LogP contribution in [-0.2, 0) is 17.9 Å². The van der Waals surface area contributed by atoms with Crippen LogP contribution in [0.3, 0.4) is 0 Å². The highest BCUT2D eigenvalue weighted by atomic mass is 16.5. The molecule has 0 unspecified atom stereocenters. The molecule has 0 saturated carbocycles. The molecule has 2 heterocycles. The lowest BCUT2D eigenvalue weighted by Crippen LogP contribution is -2.35. The summed E-state index contributed by atoms with van der Waals surface area (Å²) in [5.41, 5.74) is 2.08. The molecule has 21 heavy (non-hydrogen) atoms. The Morgan fingerprint density at radius 1 is 1.24 bits per heavy atom. The predicted octanol–water partition coefficient (Wildman–Crippen LogP) is 1.73. The zero-order valence-corrected chi connectivity index (χ0v) is 11.9. The van der Waals surface area contributed by atoms with Crippen LogP contribution in [0.2, 0.25) is 0 Å². The van der Waals surface area contributed by atoms with Crippen molar-refractivity contribution >= 4 is 11.7 Å². The van der Waals surface area contributed by atoms with E-state index in [1.165, 1.54) is 0 Å². The summed E-state index contributed by atoms with van der Waals surface area (Å²) in [6.07, 6.45) is 1.72. The molecule has 108 valence electrons. The lowest BCUT2D eigenvalue weighted by Gasteiger charge is -2.21. The molecule has 3 rings (SSSR count). The van der Waals surface area contributed by atoms with E-state index >= 15 is 0 Å². The number of amides is 1. The van der Waals surface area contributed by atoms with Gasteiger partial charge in [-0.15, -0.1) is 0 Å². The molecule has 0 bridgehead atoms. The molecule has 2 aromatic rings. The molecule has 0 saturated heterocycles. The fraction of sp³-hybridized carbons (Fsp3) is 0.250. The van der Waals surface area contributed by atoms with Gasteiger partial charge in [-0.05, 0) is 23.8 Å². The SMILES string of the molecule is COc1ccc(CN2C(=O)CNCc3cccnc32)cc1. The van der Waals surface area contributed by atoms with Crippen molar-refractivity contribution in [3.05, 3.63) is 53.7 Å². The Morgan fingerprint density at radius 3 is 2.81 bits per heavy atom. The van der Waals surface area contributed by atoms with Gasteiger partial charge in [-0.1, -0.05) is 18.2 Å². The largest absolute Gasteiger partial charge is 0.497 e. The third-order valence-corrected chi connectivity index (χ3v) is 3.52. The van der Waals surface area contributed by atoms with Crippen molar-refractivity contribution in [2.75, 3.05) is 18.6 Å². The van der Waals surface area contributed by atoms with E-state index in [-0.39, 0.29) is 5.91 Å². The maximum atomic E-state index is 12.3. The van der Waals surface area contributed by atoms with Crippen LogP contribution >= 0.6 is 0 Å². The number of benzene rings is 1. The molecule has 1 amide bonds. The topological polar surface area (TPSA) is 54.5 Å². The Hall–Kier alpha value is -2.40. The highest BCUT2D eigenvalue weighted by Gasteiger charge is 2.22. The lowest BCUT2D eigenvalue weighted by atomic mass is 10.2. The maximum Gasteiger partial charge on any atom is 0.242 e. The highest BCUT2D eigenvalue weighted by molar-refractivity contribution is 5.95. The first-order valence-corrected chi connectivity index (χ1v) is 6.86. The molecule has 0 fully saturated rings. The Balaban J connectivity index is 1.90. The number of carbonyl (C=O) groups is 1. The summed E-state index contributed by atoms with van der Waals surface area (Å²) in [5.74, 6) is 1.58. The van der Waals surface area contributed by atoms with Gasteiger partial charge in [0.25, 0.3) is 0 Å². The molecule has 1 aromatic carbocycles. The zero-order valence-electron chi connectivity index (χ0n) is 11.9. The van der Waals surface area contributed by atoms with Gasteiger partial charge in [0.2, 0.25) is 5.91 Å². The fourth-order valence-electron chi connectivity index (χ4n) is 2.41. The number of aromatic nitrogens is 1. The Labute approximate surface area is 123 Å². The first kappa shape index (κ1) is 13.6. The minimum absolute atomic E-state index is 0.0308. The Morgan fingerprint density at radius 2 is 2.05 bits per heavy atom. The minimum Gasteiger partial charge on any atom is -0.497 e. The van der Waals surface area contributed by atoms with Gasteiger partial charge in [-0.25, -0.2) is 4.98 Å². The second-order valence-corrected chi connectivity index (χ2v) is 4.92. The van der Waals surface area contributed by atoms with Crippen molar-refractivity contribution in [2.24, 2.45) is 0 Å². The number of pyridine rings is 1. The van der Waals surface area contributed by atoms with Crippen LogP contribution in [0.15, 0.2) is 42.6 Å². The Bertz CT molecular complexity index is 640. The van der Waals surface area contributed by atoms with Crippen molar-refractivity contribution in [1.82, 2.24) is 10.3 Å². The van der Waals surface area contributed by atoms with Crippen LogP contribution in [0, 0.1) is 0 Å². The molecule has 0 radical (unpaired) electrons. The third-order valence-electron chi connectivity index (χ3n) is 3.52. The van der Waals surface area contributed by atoms with E-state index in [0.717, 1.165) is 22.7 Å². The average Bonchev–Trinajstić information content (AvgIpc) is 2.68. The van der Waals surface area contributed by atoms with Gasteiger partial charge in [0.15, 0.2) is 0 Å². The van der Waals surface area contributed by atoms with Crippen LogP contribution in [-0.4, -0.2) is 24.5 Å². The maximum absolute atomic E-state index is 12.3. The van der Waals surface area contributed by atoms with Crippen molar-refractivity contribution in [3.8, 4) is 5.75 Å². The molecular weight excluding hydrogens is 266 g/mol. The van der Waals surface area contributed by atoms with Crippen LogP contribution in [0.1, 0.15) is 11.1 Å². The summed E-state index contributed by atoms with van der Waals surface area (Å²) in [5, 5.41) is 3.14. The molecule has 1 aliphatic heterocycles. The number of rotatable bonds is 3. The molecule has 1 aromatic heterocycles. The van der Waals surface area contributed by atoms with Crippen molar-refractivity contribution in [2.45, 2.75) is 13.1 Å². The summed E-state index contributed by atoms with van der Waals surface area (Å²) in [6.45, 7) is 1.50. The normalized spacial score (nSPS) is 14.5. The molecule has 5 heteroatoms. The first-order chi connectivity index (χ1) is 10.3. The minimum atomic E-state index is 0.0308. The number of nitrogens with zero attached hydrogens (tertiary/aromatic N) is 2. The van der Waals surface area contributed by atoms with Gasteiger partial charge < -0.3 is 10.1 Å². The summed E-state index contributed by atoms with van der Waals surface area (Å²) in [7, 11) is 1.64. The Kier molecular flexibility index (Phi) is 3.83. The second-order valence-electron chi connectivity index (χ2n) is 4.92. The van der Waals surface area contributed by atoms with Gasteiger partial charge in [-0.2, -0.15) is 0 Å². The predicted molar refractivity (Wildman–Crippen MR) is 80.1 cm³/mol. The number of nitrogens with one attached hydrogen (secondary N) is 1. The summed E-state index contributed by atoms with van der Waals surface area (Å²) < 4.78 is 5.15. The fourth-order valence-corrected chi connectivity index (χ4v) is 2.41. The summed E-state index contributed by atoms with van der Waals surface area (Å²) in [6, 6.07) is 11.6. The number of fused-ring (bicyclic) bond motifs is 1. The van der Waals surface area contributed by atoms with Crippen molar-refractivity contribution in [1.29, 1.82) is 0 Å². The number of carbonyl (C=O) groups excluding carboxylic acids is 1. The van der Waals surface area contributed by atoms with E-state index in [2.05, 4.69) is 10.3 Å². The first-order valence-electron chi connectivity index (χ1n) is 6.86. The van der Waals surface area contributed by atoms with Gasteiger partial charge >= 0.3 is 0 Å². The van der Waals surface area contributed by atoms with E-state index in [1.807, 2.05) is 36.4 Å². The number of hydrogen-bond donors (Lipinski definition) is 1. The lowest BCUT2D eigenvalue weighted by molar-refractivity contribution is -0.117. The molecular formula is C16H17N3O2. The quantitative estimate of drug-likeness (QED) is 0.932. The second kappa shape index (κ2) is 5.93. The van der Waals surface area contributed by atoms with Crippen LogP contribution < -0.4 is 15.0 Å². The van der Waals surface area contributed by atoms with Gasteiger partial charge in [0.05, 0.1) is 20.2 Å². The molecule has 1 N–H and O–H groups in total. The van der Waals surface area contributed by atoms with Crippen molar-refractivity contribution < 1.29 is 9.53 Å². The number of ether oxygens (including phenoxy) is 1. The third kappa shape index (κ3) is 2.87. The van der Waals surface area contributed by atoms with Crippen LogP contribution in [0.4, 0.5) is 5.82 Å². The number of anilines is 1. The van der Waals surface area contributed by atoms with Crippen LogP contribution in [0.5, 0.6) is 5.75 Å². The van der Waals surface area contributed by atoms with E-state index in [1.54, 1.807) is 18.2 Å². The van der Waals surface area contributed by atoms with Gasteiger partial charge in [0.1, 0.15) is 11.6 Å². The van der Waals surface area contributed by atoms with E-state index < -0.39 is 0 Å². The van der Waals surface area contributed by atoms with E-state index in [4.69, 9.17) is 4.74 Å². The van der Waals surface area contributed by atoms with Gasteiger partial charge in [-0.3, -0.25) is 9.69 Å². The zero-order chi connectivity index (χ0) is 14.7. The molecule has 0 aliphatic carbocycles. The molecule has 0 atom stereocenters. The average molecular weight is 283 g/mol. The van der Waals surface area contributed by atoms with E-state index in [0.29, 0.717) is 19.6 Å². The molecule has 1 aliphatic rings. The highest BCUT2D eigenvalue weighted by Crippen LogP contribution is 2.22. The van der Waals surface area contributed by atoms with E-state index in [9.17, 15) is 4.79 Å². The smallest absolute Gasteiger partial charge is 0.242 e. The van der Waals surface area contributed by atoms with Crippen molar-refractivity contribution in [3.63, 3.8) is 0 Å². The van der Waals surface area contributed by atoms with Gasteiger partial charge in [0, 0.05) is 18.3 Å². The number of hydrogen-bond acceptors (Lipinski definition) is 4. The monoisotopic (exact) mass is 283 g/mol. The molecule has 0 spiro atoms. The summed E-state index contributed by atoms with van der Waals surface area (Å²) in [4.78, 5) is 18.4. The number of methoxy groups -OCH3 is 1.